The second-order valence-electron chi connectivity index (χ2n) is 29.2. The van der Waals surface area contributed by atoms with Crippen LogP contribution in [0, 0.1) is 17.8 Å². The number of aliphatic carboxylic acids is 1. The summed E-state index contributed by atoms with van der Waals surface area (Å²) in [4.78, 5) is 131. The first-order chi connectivity index (χ1) is 52.4. The van der Waals surface area contributed by atoms with E-state index in [1.807, 2.05) is 19.9 Å². The Kier molecular flexibility index (Phi) is 25.7. The summed E-state index contributed by atoms with van der Waals surface area (Å²) in [5.74, 6) is -17.8. The van der Waals surface area contributed by atoms with Crippen LogP contribution in [-0.4, -0.2) is 191 Å². The number of alkyl carbamates (subject to hydrolysis) is 1. The molecule has 1 aliphatic carbocycles. The van der Waals surface area contributed by atoms with Crippen molar-refractivity contribution in [3.63, 3.8) is 0 Å². The van der Waals surface area contributed by atoms with Gasteiger partial charge in [0.2, 0.25) is 29.8 Å². The lowest BCUT2D eigenvalue weighted by atomic mass is 9.79. The van der Waals surface area contributed by atoms with Crippen LogP contribution in [0.15, 0.2) is 97.1 Å². The third-order valence-corrected chi connectivity index (χ3v) is 21.2. The van der Waals surface area contributed by atoms with Gasteiger partial charge in [0, 0.05) is 60.8 Å². The number of likely N-dealkylation sites (N-methyl/N-ethyl adjacent to an activating group) is 1. The van der Waals surface area contributed by atoms with Gasteiger partial charge in [0.05, 0.1) is 47.3 Å². The predicted molar refractivity (Wildman–Crippen MR) is 386 cm³/mol. The van der Waals surface area contributed by atoms with Crippen molar-refractivity contribution in [2.24, 2.45) is 17.8 Å². The minimum Gasteiger partial charge on any atom is -0.508 e. The highest BCUT2D eigenvalue weighted by molar-refractivity contribution is 6.32. The summed E-state index contributed by atoms with van der Waals surface area (Å²) >= 11 is 7.15. The lowest BCUT2D eigenvalue weighted by Gasteiger charge is -2.48. The first-order valence-corrected chi connectivity index (χ1v) is 36.7. The number of rotatable bonds is 15. The van der Waals surface area contributed by atoms with Crippen LogP contribution in [0.2, 0.25) is 5.02 Å². The average molecular weight is 1550 g/mol. The molecule has 5 aromatic carbocycles. The molecule has 0 saturated carbocycles. The van der Waals surface area contributed by atoms with Gasteiger partial charge < -0.3 is 116 Å². The molecule has 19 unspecified atom stereocenters. The summed E-state index contributed by atoms with van der Waals surface area (Å²) in [6.07, 6.45) is -15.0. The van der Waals surface area contributed by atoms with Gasteiger partial charge in [-0.05, 0) is 142 Å². The first-order valence-electron chi connectivity index (χ1n) is 36.3. The van der Waals surface area contributed by atoms with Gasteiger partial charge in [-0.2, -0.15) is 0 Å². The smallest absolute Gasteiger partial charge is 0.407 e. The molecular weight excluding hydrogens is 1460 g/mol. The number of Topliss-reactive ketones (excluding diaryl/α,β-unsaturated/α-hetero) is 3. The topological polar surface area (TPSA) is 481 Å². The fraction of sp³-hybridized carbons (Fsp3) is 0.474. The zero-order valence-electron chi connectivity index (χ0n) is 60.7. The SMILES string of the molecule is CNC(CC(C)C)C(=O)NC1C(=O)CC(CC=O)C(=O)NC2C(=O)CC3C(=O)CC(C(=O)NC(C(=O)O)c4cc(O)cc(O)c4-c4cc3ccc4O)C(O)c3ccc(cc3)Oc3cc2cc(c3OC2OC(CO)C(O)C(O)C2OC2CC(C)(NC(=O)OC3CC/C=C/CCC3)C(O)C(C)O2)Oc2ccc(cc2Cl)C1O. The largest absolute Gasteiger partial charge is 0.508 e. The second kappa shape index (κ2) is 34.7. The summed E-state index contributed by atoms with van der Waals surface area (Å²) < 4.78 is 45.1. The number of carbonyl (C=O) groups excluding carboxylic acids is 8. The highest BCUT2D eigenvalue weighted by Gasteiger charge is 2.53. The molecule has 0 aromatic heterocycles. The molecular formula is C78H90ClN5O26. The number of carboxylic acid groups (broad SMARTS) is 1. The molecule has 7 aliphatic heterocycles. The van der Waals surface area contributed by atoms with Crippen LogP contribution in [0.1, 0.15) is 156 Å². The zero-order chi connectivity index (χ0) is 79.3. The van der Waals surface area contributed by atoms with Crippen molar-refractivity contribution in [3.05, 3.63) is 130 Å². The number of amides is 4. The van der Waals surface area contributed by atoms with Gasteiger partial charge in [0.1, 0.15) is 89.5 Å². The number of aliphatic hydroxyl groups is 6. The second-order valence-corrected chi connectivity index (χ2v) is 29.7. The molecule has 32 heteroatoms. The van der Waals surface area contributed by atoms with Crippen LogP contribution in [-0.2, 0) is 57.3 Å². The lowest BCUT2D eigenvalue weighted by Crippen LogP contribution is -2.66. The van der Waals surface area contributed by atoms with E-state index in [2.05, 4.69) is 32.7 Å². The third kappa shape index (κ3) is 18.0. The molecule has 0 spiro atoms. The average Bonchev–Trinajstić information content (AvgIpc) is 0.769. The molecule has 110 heavy (non-hydrogen) atoms. The van der Waals surface area contributed by atoms with Crippen molar-refractivity contribution in [2.45, 2.75) is 201 Å². The Morgan fingerprint density at radius 2 is 1.46 bits per heavy atom. The maximum atomic E-state index is 16.3. The standard InChI is InChI=1S/C78H90ClN5O26/c1-35(2)23-50(80-5)74(100)83-64-54(91)26-40(21-22-85)72(98)81-62-41-27-57(105-44-17-13-37(14-18-44)65(93)48-32-52(89)45(31-55(62)92)38-15-19-51(88)46(24-38)61-47(29-42(87)30-53(61)90)63(75(101)102)82-73(48)99)69(58(28-41)107-56-20-16-39(66(64)94)25-49(56)79)110-76-70(68(96)67(95)59(34-86)108-76)109-60-33-78(4,71(97)36(3)104-60)84-77(103)106-43-11-9-7-6-8-10-12-43/h6-7,13-20,22,24-25,27-30,35-36,40,43,45,48,50,59-60,62-68,70-71,76,80,86-88,90,93-97H,8-12,21,23,26,31-34H2,1-5H3,(H,81,98)(H,82,99)(H,83,100)(H,84,103)(H,101,102)/b7-6+. The molecule has 19 atom stereocenters. The van der Waals surface area contributed by atoms with Gasteiger partial charge >= 0.3 is 12.1 Å². The molecule has 2 fully saturated rings. The van der Waals surface area contributed by atoms with Gasteiger partial charge in [-0.1, -0.05) is 61.9 Å². The first kappa shape index (κ1) is 81.4. The Bertz CT molecular complexity index is 4330. The number of hydrogen-bond acceptors (Lipinski definition) is 26. The maximum Gasteiger partial charge on any atom is 0.407 e. The Morgan fingerprint density at radius 1 is 0.755 bits per heavy atom. The molecule has 0 radical (unpaired) electrons. The van der Waals surface area contributed by atoms with E-state index in [0.717, 1.165) is 49.2 Å². The van der Waals surface area contributed by atoms with Crippen molar-refractivity contribution in [3.8, 4) is 57.1 Å². The van der Waals surface area contributed by atoms with E-state index in [9.17, 15) is 79.8 Å². The number of hydrogen-bond donors (Lipinski definition) is 15. The number of phenolic OH excluding ortho intramolecular Hbond substituents is 3. The van der Waals surface area contributed by atoms with E-state index in [-0.39, 0.29) is 63.1 Å². The predicted octanol–water partition coefficient (Wildman–Crippen LogP) is 5.89. The number of allylic oxidation sites excluding steroid dienone is 2. The number of benzene rings is 5. The number of carbonyl (C=O) groups is 9. The maximum absolute atomic E-state index is 16.3. The van der Waals surface area contributed by atoms with Crippen LogP contribution in [0.4, 0.5) is 4.79 Å². The highest BCUT2D eigenvalue weighted by atomic mass is 35.5. The van der Waals surface area contributed by atoms with E-state index < -0.39 is 240 Å². The summed E-state index contributed by atoms with van der Waals surface area (Å²) in [7, 11) is 1.51. The monoisotopic (exact) mass is 1550 g/mol. The van der Waals surface area contributed by atoms with Gasteiger partial charge in [-0.3, -0.25) is 28.8 Å². The number of phenols is 3. The molecule has 13 rings (SSSR count). The fourth-order valence-corrected chi connectivity index (χ4v) is 15.1. The van der Waals surface area contributed by atoms with E-state index in [1.54, 1.807) is 0 Å². The molecule has 5 aromatic rings. The van der Waals surface area contributed by atoms with Crippen molar-refractivity contribution >= 4 is 65.0 Å². The number of halogens is 1. The van der Waals surface area contributed by atoms with Crippen LogP contribution in [0.5, 0.6) is 46.0 Å². The molecule has 8 aliphatic rings. The van der Waals surface area contributed by atoms with Gasteiger partial charge in [-0.25, -0.2) is 9.59 Å². The Balaban J connectivity index is 1.10. The molecule has 7 heterocycles. The van der Waals surface area contributed by atoms with E-state index in [0.29, 0.717) is 25.5 Å². The van der Waals surface area contributed by atoms with Crippen LogP contribution < -0.4 is 40.8 Å². The van der Waals surface area contributed by atoms with Crippen LogP contribution >= 0.6 is 11.6 Å². The van der Waals surface area contributed by atoms with Gasteiger partial charge in [-0.15, -0.1) is 0 Å². The molecule has 15 N–H and O–H groups in total. The summed E-state index contributed by atoms with van der Waals surface area (Å²) in [6, 6.07) is 9.15. The van der Waals surface area contributed by atoms with Crippen molar-refractivity contribution in [1.29, 1.82) is 0 Å². The summed E-state index contributed by atoms with van der Waals surface area (Å²) in [6.45, 7) is 5.73. The Labute approximate surface area is 636 Å². The van der Waals surface area contributed by atoms with E-state index in [4.69, 9.17) is 44.8 Å². The number of nitrogens with one attached hydrogen (secondary N) is 5. The van der Waals surface area contributed by atoms with Crippen LogP contribution in [0.25, 0.3) is 11.1 Å². The number of fused-ring (bicyclic) bond motifs is 15. The normalized spacial score (nSPS) is 30.0. The Morgan fingerprint density at radius 3 is 2.15 bits per heavy atom. The number of aromatic hydroxyl groups is 3. The van der Waals surface area contributed by atoms with Crippen molar-refractivity contribution in [2.75, 3.05) is 13.7 Å². The van der Waals surface area contributed by atoms with E-state index >= 15 is 14.4 Å². The highest BCUT2D eigenvalue weighted by Crippen LogP contribution is 2.50. The van der Waals surface area contributed by atoms with Crippen LogP contribution in [0.3, 0.4) is 0 Å². The van der Waals surface area contributed by atoms with E-state index in [1.165, 1.54) is 69.4 Å². The molecule has 31 nitrogen and oxygen atoms in total. The lowest BCUT2D eigenvalue weighted by molar-refractivity contribution is -0.334. The minimum absolute atomic E-state index is 0.0649. The quantitative estimate of drug-likeness (QED) is 0.0429. The minimum atomic E-state index is -2.17. The number of ether oxygens (including phenoxy) is 7. The van der Waals surface area contributed by atoms with Gasteiger partial charge in [0.25, 0.3) is 0 Å². The fourth-order valence-electron chi connectivity index (χ4n) is 14.9. The number of aldehydes is 1. The number of aliphatic hydroxyl groups excluding tert-OH is 6. The van der Waals surface area contributed by atoms with Crippen molar-refractivity contribution < 1.29 is 127 Å². The number of carboxylic acids is 1. The third-order valence-electron chi connectivity index (χ3n) is 20.9. The van der Waals surface area contributed by atoms with Crippen molar-refractivity contribution in [1.82, 2.24) is 26.6 Å². The van der Waals surface area contributed by atoms with Gasteiger partial charge in [0.15, 0.2) is 41.5 Å². The Hall–Kier alpha value is -9.64. The number of ketones is 3. The zero-order valence-corrected chi connectivity index (χ0v) is 61.4. The molecule has 11 bridgehead atoms. The molecule has 2 saturated heterocycles. The molecule has 4 amide bonds. The molecule has 590 valence electrons. The summed E-state index contributed by atoms with van der Waals surface area (Å²) in [5.41, 5.74) is -3.55. The summed E-state index contributed by atoms with van der Waals surface area (Å²) in [5, 5.41) is 129.